The Hall–Kier alpha value is -2.45. The molecule has 6 nitrogen and oxygen atoms in total. The topological polar surface area (TPSA) is 83.6 Å². The fraction of sp³-hybridized carbons (Fsp3) is 0.333. The lowest BCUT2D eigenvalue weighted by molar-refractivity contribution is -0.137. The van der Waals surface area contributed by atoms with Crippen molar-refractivity contribution in [2.24, 2.45) is 0 Å². The highest BCUT2D eigenvalue weighted by Gasteiger charge is 2.30. The first-order chi connectivity index (χ1) is 9.86. The number of hydrogen-bond acceptors (Lipinski definition) is 4. The number of H-pyrrole nitrogens is 1. The van der Waals surface area contributed by atoms with Crippen molar-refractivity contribution in [3.8, 4) is 0 Å². The smallest absolute Gasteiger partial charge is 0.292 e. The van der Waals surface area contributed by atoms with Gasteiger partial charge in [0.1, 0.15) is 0 Å². The zero-order chi connectivity index (χ0) is 15.5. The van der Waals surface area contributed by atoms with E-state index in [-0.39, 0.29) is 24.2 Å². The number of tetrazole rings is 1. The SMILES string of the molecule is CC(CC(=O)Nc1nn[nH]n1)c1ccc(C(F)(F)F)cc1. The van der Waals surface area contributed by atoms with Gasteiger partial charge in [0.05, 0.1) is 5.56 Å². The number of rotatable bonds is 4. The van der Waals surface area contributed by atoms with Crippen LogP contribution in [0.25, 0.3) is 0 Å². The number of carbonyl (C=O) groups excluding carboxylic acids is 1. The monoisotopic (exact) mass is 299 g/mol. The Bertz CT molecular complexity index is 594. The molecule has 2 aromatic rings. The van der Waals surface area contributed by atoms with Gasteiger partial charge in [-0.05, 0) is 28.8 Å². The van der Waals surface area contributed by atoms with E-state index in [1.54, 1.807) is 6.92 Å². The van der Waals surface area contributed by atoms with E-state index in [1.165, 1.54) is 12.1 Å². The van der Waals surface area contributed by atoms with Crippen molar-refractivity contribution in [3.05, 3.63) is 35.4 Å². The first kappa shape index (κ1) is 14.9. The van der Waals surface area contributed by atoms with Gasteiger partial charge in [-0.2, -0.15) is 18.4 Å². The number of nitrogens with one attached hydrogen (secondary N) is 2. The maximum Gasteiger partial charge on any atom is 0.416 e. The molecule has 9 heteroatoms. The van der Waals surface area contributed by atoms with Gasteiger partial charge in [-0.1, -0.05) is 24.2 Å². The second-order valence-corrected chi connectivity index (χ2v) is 4.51. The van der Waals surface area contributed by atoms with Gasteiger partial charge in [-0.3, -0.25) is 10.1 Å². The normalized spacial score (nSPS) is 13.0. The summed E-state index contributed by atoms with van der Waals surface area (Å²) < 4.78 is 37.4. The quantitative estimate of drug-likeness (QED) is 0.907. The van der Waals surface area contributed by atoms with Crippen LogP contribution in [0.5, 0.6) is 0 Å². The average Bonchev–Trinajstić information content (AvgIpc) is 2.90. The van der Waals surface area contributed by atoms with E-state index in [9.17, 15) is 18.0 Å². The Balaban J connectivity index is 1.96. The number of halogens is 3. The lowest BCUT2D eigenvalue weighted by atomic mass is 9.96. The minimum atomic E-state index is -4.36. The third-order valence-electron chi connectivity index (χ3n) is 2.90. The Morgan fingerprint density at radius 3 is 2.52 bits per heavy atom. The van der Waals surface area contributed by atoms with Crippen LogP contribution in [0.15, 0.2) is 24.3 Å². The fourth-order valence-electron chi connectivity index (χ4n) is 1.79. The fourth-order valence-corrected chi connectivity index (χ4v) is 1.79. The van der Waals surface area contributed by atoms with E-state index in [4.69, 9.17) is 0 Å². The number of aromatic amines is 1. The van der Waals surface area contributed by atoms with E-state index >= 15 is 0 Å². The zero-order valence-electron chi connectivity index (χ0n) is 11.0. The number of benzene rings is 1. The minimum absolute atomic E-state index is 0.0552. The summed E-state index contributed by atoms with van der Waals surface area (Å²) in [7, 11) is 0. The molecule has 1 aromatic carbocycles. The molecule has 1 amide bonds. The number of anilines is 1. The highest BCUT2D eigenvalue weighted by atomic mass is 19.4. The third-order valence-corrected chi connectivity index (χ3v) is 2.90. The molecule has 112 valence electrons. The number of hydrogen-bond donors (Lipinski definition) is 2. The van der Waals surface area contributed by atoms with Crippen molar-refractivity contribution in [2.75, 3.05) is 5.32 Å². The summed E-state index contributed by atoms with van der Waals surface area (Å²) in [6.45, 7) is 1.75. The lowest BCUT2D eigenvalue weighted by Gasteiger charge is -2.12. The highest BCUT2D eigenvalue weighted by Crippen LogP contribution is 2.30. The van der Waals surface area contributed by atoms with Crippen molar-refractivity contribution in [3.63, 3.8) is 0 Å². The van der Waals surface area contributed by atoms with Crippen LogP contribution >= 0.6 is 0 Å². The Kier molecular flexibility index (Phi) is 4.20. The number of alkyl halides is 3. The largest absolute Gasteiger partial charge is 0.416 e. The predicted molar refractivity (Wildman–Crippen MR) is 67.3 cm³/mol. The standard InChI is InChI=1S/C12H12F3N5O/c1-7(6-10(21)16-11-17-19-20-18-11)8-2-4-9(5-3-8)12(13,14)15/h2-5,7H,6H2,1H3,(H2,16,17,18,19,20,21). The summed E-state index contributed by atoms with van der Waals surface area (Å²) >= 11 is 0. The number of carbonyl (C=O) groups is 1. The Morgan fingerprint density at radius 2 is 2.00 bits per heavy atom. The molecule has 0 radical (unpaired) electrons. The highest BCUT2D eigenvalue weighted by molar-refractivity contribution is 5.89. The van der Waals surface area contributed by atoms with E-state index in [0.29, 0.717) is 5.56 Å². The molecule has 1 heterocycles. The van der Waals surface area contributed by atoms with Crippen molar-refractivity contribution in [1.82, 2.24) is 20.6 Å². The maximum atomic E-state index is 12.5. The van der Waals surface area contributed by atoms with E-state index in [1.807, 2.05) is 0 Å². The molecule has 21 heavy (non-hydrogen) atoms. The van der Waals surface area contributed by atoms with Crippen LogP contribution in [-0.2, 0) is 11.0 Å². The molecular weight excluding hydrogens is 287 g/mol. The van der Waals surface area contributed by atoms with Gasteiger partial charge in [-0.25, -0.2) is 0 Å². The average molecular weight is 299 g/mol. The number of amides is 1. The van der Waals surface area contributed by atoms with Crippen molar-refractivity contribution < 1.29 is 18.0 Å². The van der Waals surface area contributed by atoms with E-state index in [2.05, 4.69) is 25.9 Å². The van der Waals surface area contributed by atoms with Crippen molar-refractivity contribution in [1.29, 1.82) is 0 Å². The molecule has 1 atom stereocenters. The van der Waals surface area contributed by atoms with Crippen molar-refractivity contribution in [2.45, 2.75) is 25.4 Å². The summed E-state index contributed by atoms with van der Waals surface area (Å²) in [6.07, 6.45) is -4.27. The summed E-state index contributed by atoms with van der Waals surface area (Å²) in [5.41, 5.74) is -0.0686. The molecule has 2 N–H and O–H groups in total. The summed E-state index contributed by atoms with van der Waals surface area (Å²) in [6, 6.07) is 4.75. The molecule has 2 rings (SSSR count). The second-order valence-electron chi connectivity index (χ2n) is 4.51. The summed E-state index contributed by atoms with van der Waals surface area (Å²) in [4.78, 5) is 11.7. The van der Waals surface area contributed by atoms with Crippen LogP contribution in [-0.4, -0.2) is 26.5 Å². The van der Waals surface area contributed by atoms with E-state index in [0.717, 1.165) is 12.1 Å². The molecule has 0 spiro atoms. The van der Waals surface area contributed by atoms with Crippen LogP contribution < -0.4 is 5.32 Å². The molecule has 0 saturated heterocycles. The second kappa shape index (κ2) is 5.90. The molecule has 0 aliphatic rings. The molecule has 0 saturated carbocycles. The zero-order valence-corrected chi connectivity index (χ0v) is 11.0. The molecule has 1 aromatic heterocycles. The van der Waals surface area contributed by atoms with Crippen molar-refractivity contribution >= 4 is 11.9 Å². The molecule has 0 aliphatic carbocycles. The first-order valence-corrected chi connectivity index (χ1v) is 6.06. The molecular formula is C12H12F3N5O. The Labute approximate surface area is 117 Å². The van der Waals surface area contributed by atoms with Gasteiger partial charge in [0.2, 0.25) is 5.91 Å². The lowest BCUT2D eigenvalue weighted by Crippen LogP contribution is -2.15. The van der Waals surface area contributed by atoms with Crippen LogP contribution in [0.3, 0.4) is 0 Å². The predicted octanol–water partition coefficient (Wildman–Crippen LogP) is 2.35. The molecule has 0 fully saturated rings. The van der Waals surface area contributed by atoms with Crippen LogP contribution in [0.2, 0.25) is 0 Å². The van der Waals surface area contributed by atoms with Gasteiger partial charge in [0.15, 0.2) is 0 Å². The van der Waals surface area contributed by atoms with Crippen LogP contribution in [0.1, 0.15) is 30.4 Å². The van der Waals surface area contributed by atoms with Gasteiger partial charge < -0.3 is 0 Å². The maximum absolute atomic E-state index is 12.5. The van der Waals surface area contributed by atoms with Crippen LogP contribution in [0.4, 0.5) is 19.1 Å². The van der Waals surface area contributed by atoms with Gasteiger partial charge in [-0.15, -0.1) is 5.10 Å². The summed E-state index contributed by atoms with van der Waals surface area (Å²) in [5.74, 6) is -0.525. The third kappa shape index (κ3) is 4.01. The van der Waals surface area contributed by atoms with E-state index < -0.39 is 11.7 Å². The van der Waals surface area contributed by atoms with Crippen LogP contribution in [0, 0.1) is 0 Å². The Morgan fingerprint density at radius 1 is 1.33 bits per heavy atom. The van der Waals surface area contributed by atoms with Gasteiger partial charge in [0, 0.05) is 6.42 Å². The van der Waals surface area contributed by atoms with Gasteiger partial charge in [0.25, 0.3) is 5.95 Å². The van der Waals surface area contributed by atoms with Gasteiger partial charge >= 0.3 is 6.18 Å². The number of aromatic nitrogens is 4. The molecule has 1 unspecified atom stereocenters. The minimum Gasteiger partial charge on any atom is -0.292 e. The first-order valence-electron chi connectivity index (χ1n) is 6.06. The molecule has 0 bridgehead atoms. The molecule has 0 aliphatic heterocycles. The number of nitrogens with zero attached hydrogens (tertiary/aromatic N) is 3. The summed E-state index contributed by atoms with van der Waals surface area (Å²) in [5, 5.41) is 15.0.